The van der Waals surface area contributed by atoms with E-state index < -0.39 is 30.0 Å². The third kappa shape index (κ3) is 2.34. The quantitative estimate of drug-likeness (QED) is 0.771. The van der Waals surface area contributed by atoms with E-state index in [2.05, 4.69) is 0 Å². The van der Waals surface area contributed by atoms with Crippen molar-refractivity contribution in [3.05, 3.63) is 23.8 Å². The molecule has 0 saturated carbocycles. The first-order valence-electron chi connectivity index (χ1n) is 6.06. The summed E-state index contributed by atoms with van der Waals surface area (Å²) >= 11 is 0. The summed E-state index contributed by atoms with van der Waals surface area (Å²) in [4.78, 5) is 0. The minimum Gasteiger partial charge on any atom is -0.494 e. The number of hydrogen-bond acceptors (Lipinski definition) is 3. The van der Waals surface area contributed by atoms with Crippen LogP contribution in [0.3, 0.4) is 0 Å². The lowest BCUT2D eigenvalue weighted by atomic mass is 9.78. The fourth-order valence-electron chi connectivity index (χ4n) is 1.85. The van der Waals surface area contributed by atoms with Crippen molar-refractivity contribution in [1.82, 2.24) is 0 Å². The number of halogens is 2. The molecule has 19 heavy (non-hydrogen) atoms. The molecule has 1 aromatic carbocycles. The van der Waals surface area contributed by atoms with Crippen LogP contribution in [0.25, 0.3) is 0 Å². The molecule has 0 aliphatic carbocycles. The van der Waals surface area contributed by atoms with Gasteiger partial charge in [0.05, 0.1) is 18.3 Å². The van der Waals surface area contributed by atoms with Crippen molar-refractivity contribution in [2.24, 2.45) is 0 Å². The van der Waals surface area contributed by atoms with Crippen molar-refractivity contribution in [2.45, 2.75) is 38.9 Å². The normalized spacial score (nSPS) is 20.7. The van der Waals surface area contributed by atoms with E-state index in [1.54, 1.807) is 0 Å². The third-order valence-electron chi connectivity index (χ3n) is 3.78. The van der Waals surface area contributed by atoms with Gasteiger partial charge in [0, 0.05) is 11.5 Å². The Labute approximate surface area is 112 Å². The summed E-state index contributed by atoms with van der Waals surface area (Å²) in [6.45, 7) is 7.47. The summed E-state index contributed by atoms with van der Waals surface area (Å²) in [5.41, 5.74) is -1.02. The summed E-state index contributed by atoms with van der Waals surface area (Å²) in [7, 11) is 0.448. The van der Waals surface area contributed by atoms with Gasteiger partial charge in [0.1, 0.15) is 5.82 Å². The lowest BCUT2D eigenvalue weighted by Gasteiger charge is -2.32. The van der Waals surface area contributed by atoms with E-state index in [9.17, 15) is 8.78 Å². The molecule has 0 amide bonds. The molecule has 0 radical (unpaired) electrons. The molecule has 1 aliphatic rings. The second-order valence-electron chi connectivity index (χ2n) is 5.60. The zero-order valence-electron chi connectivity index (χ0n) is 11.7. The molecule has 104 valence electrons. The molecule has 0 aromatic heterocycles. The summed E-state index contributed by atoms with van der Waals surface area (Å²) in [5, 5.41) is 0. The average molecular weight is 270 g/mol. The Hall–Kier alpha value is -1.14. The van der Waals surface area contributed by atoms with Crippen molar-refractivity contribution in [3.8, 4) is 5.75 Å². The number of methoxy groups -OCH3 is 1. The van der Waals surface area contributed by atoms with E-state index >= 15 is 0 Å². The van der Waals surface area contributed by atoms with E-state index in [0.717, 1.165) is 6.07 Å². The fourth-order valence-corrected chi connectivity index (χ4v) is 1.85. The molecule has 0 bridgehead atoms. The predicted molar refractivity (Wildman–Crippen MR) is 68.6 cm³/mol. The van der Waals surface area contributed by atoms with E-state index in [1.807, 2.05) is 27.7 Å². The molecule has 6 heteroatoms. The van der Waals surface area contributed by atoms with Gasteiger partial charge in [0.2, 0.25) is 0 Å². The molecule has 1 fully saturated rings. The van der Waals surface area contributed by atoms with Gasteiger partial charge in [-0.25, -0.2) is 8.78 Å². The van der Waals surface area contributed by atoms with Crippen LogP contribution in [0.2, 0.25) is 0 Å². The van der Waals surface area contributed by atoms with Crippen molar-refractivity contribution in [2.75, 3.05) is 7.11 Å². The van der Waals surface area contributed by atoms with Gasteiger partial charge >= 0.3 is 7.12 Å². The van der Waals surface area contributed by atoms with E-state index in [-0.39, 0.29) is 11.2 Å². The van der Waals surface area contributed by atoms with Gasteiger partial charge in [-0.1, -0.05) is 0 Å². The molecule has 1 heterocycles. The maximum Gasteiger partial charge on any atom is 0.497 e. The highest BCUT2D eigenvalue weighted by Crippen LogP contribution is 2.37. The van der Waals surface area contributed by atoms with Gasteiger partial charge in [-0.05, 0) is 33.8 Å². The Bertz CT molecular complexity index is 487. The molecule has 1 saturated heterocycles. The Kier molecular flexibility index (Phi) is 3.35. The maximum atomic E-state index is 13.9. The van der Waals surface area contributed by atoms with E-state index in [0.29, 0.717) is 0 Å². The van der Waals surface area contributed by atoms with Crippen LogP contribution in [0.4, 0.5) is 8.78 Å². The van der Waals surface area contributed by atoms with Crippen LogP contribution in [0.5, 0.6) is 5.75 Å². The maximum absolute atomic E-state index is 13.9. The van der Waals surface area contributed by atoms with Gasteiger partial charge in [-0.2, -0.15) is 0 Å². The second kappa shape index (κ2) is 4.46. The predicted octanol–water partition coefficient (Wildman–Crippen LogP) is 2.27. The van der Waals surface area contributed by atoms with E-state index in [1.165, 1.54) is 13.2 Å². The molecule has 2 rings (SSSR count). The zero-order valence-corrected chi connectivity index (χ0v) is 11.7. The van der Waals surface area contributed by atoms with Crippen LogP contribution < -0.4 is 10.2 Å². The topological polar surface area (TPSA) is 27.7 Å². The van der Waals surface area contributed by atoms with E-state index in [4.69, 9.17) is 14.0 Å². The number of ether oxygens (including phenoxy) is 1. The van der Waals surface area contributed by atoms with Crippen molar-refractivity contribution in [1.29, 1.82) is 0 Å². The lowest BCUT2D eigenvalue weighted by molar-refractivity contribution is 0.00578. The average Bonchev–Trinajstić information content (AvgIpc) is 2.48. The highest BCUT2D eigenvalue weighted by molar-refractivity contribution is 6.62. The number of benzene rings is 1. The van der Waals surface area contributed by atoms with Gasteiger partial charge in [0.15, 0.2) is 11.6 Å². The second-order valence-corrected chi connectivity index (χ2v) is 5.60. The third-order valence-corrected chi connectivity index (χ3v) is 3.78. The SMILES string of the molecule is COc1cc(B2OC(C)(C)C(C)(C)O2)c(F)cc1F. The first kappa shape index (κ1) is 14.3. The van der Waals surface area contributed by atoms with Gasteiger partial charge in [0.25, 0.3) is 0 Å². The molecule has 0 unspecified atom stereocenters. The van der Waals surface area contributed by atoms with Crippen molar-refractivity contribution in [3.63, 3.8) is 0 Å². The molecular formula is C13H17BF2O3. The number of hydrogen-bond donors (Lipinski definition) is 0. The molecule has 0 atom stereocenters. The number of rotatable bonds is 2. The van der Waals surface area contributed by atoms with Crippen LogP contribution in [0, 0.1) is 11.6 Å². The van der Waals surface area contributed by atoms with Crippen LogP contribution in [-0.4, -0.2) is 25.4 Å². The molecular weight excluding hydrogens is 253 g/mol. The first-order chi connectivity index (χ1) is 8.68. The van der Waals surface area contributed by atoms with Crippen LogP contribution >= 0.6 is 0 Å². The minimum atomic E-state index is -0.875. The molecule has 1 aliphatic heterocycles. The highest BCUT2D eigenvalue weighted by Gasteiger charge is 2.52. The Morgan fingerprint density at radius 3 is 2.00 bits per heavy atom. The summed E-state index contributed by atoms with van der Waals surface area (Å²) < 4.78 is 43.6. The Balaban J connectivity index is 2.39. The summed E-state index contributed by atoms with van der Waals surface area (Å²) in [5.74, 6) is -1.50. The van der Waals surface area contributed by atoms with Crippen LogP contribution in [0.15, 0.2) is 12.1 Å². The molecule has 0 N–H and O–H groups in total. The van der Waals surface area contributed by atoms with Crippen molar-refractivity contribution >= 4 is 12.6 Å². The fraction of sp³-hybridized carbons (Fsp3) is 0.538. The largest absolute Gasteiger partial charge is 0.497 e. The molecule has 3 nitrogen and oxygen atoms in total. The minimum absolute atomic E-state index is 0.0360. The monoisotopic (exact) mass is 270 g/mol. The highest BCUT2D eigenvalue weighted by atomic mass is 19.1. The van der Waals surface area contributed by atoms with Gasteiger partial charge < -0.3 is 14.0 Å². The summed E-state index contributed by atoms with van der Waals surface area (Å²) in [6, 6.07) is 2.05. The Morgan fingerprint density at radius 1 is 1.00 bits per heavy atom. The molecule has 0 spiro atoms. The standard InChI is InChI=1S/C13H17BF2O3/c1-12(2)13(3,4)19-14(18-12)8-6-11(17-5)10(16)7-9(8)15/h6-7H,1-5H3. The smallest absolute Gasteiger partial charge is 0.494 e. The molecule has 1 aromatic rings. The van der Waals surface area contributed by atoms with Gasteiger partial charge in [-0.15, -0.1) is 0 Å². The van der Waals surface area contributed by atoms with Crippen LogP contribution in [-0.2, 0) is 9.31 Å². The zero-order chi connectivity index (χ0) is 14.4. The summed E-state index contributed by atoms with van der Waals surface area (Å²) in [6.07, 6.45) is 0. The Morgan fingerprint density at radius 2 is 1.53 bits per heavy atom. The first-order valence-corrected chi connectivity index (χ1v) is 6.06. The van der Waals surface area contributed by atoms with Crippen molar-refractivity contribution < 1.29 is 22.8 Å². The lowest BCUT2D eigenvalue weighted by Crippen LogP contribution is -2.41. The van der Waals surface area contributed by atoms with Gasteiger partial charge in [-0.3, -0.25) is 0 Å². The van der Waals surface area contributed by atoms with Crippen LogP contribution in [0.1, 0.15) is 27.7 Å².